The highest BCUT2D eigenvalue weighted by atomic mass is 16.3. The minimum absolute atomic E-state index is 0.0648. The molecule has 0 saturated heterocycles. The van der Waals surface area contributed by atoms with Crippen molar-refractivity contribution in [2.45, 2.75) is 20.3 Å². The molecule has 0 unspecified atom stereocenters. The summed E-state index contributed by atoms with van der Waals surface area (Å²) >= 11 is 0. The molecule has 0 aliphatic heterocycles. The van der Waals surface area contributed by atoms with Gasteiger partial charge in [0.25, 0.3) is 0 Å². The number of aliphatic hydroxyl groups excluding tert-OH is 1. The van der Waals surface area contributed by atoms with Crippen LogP contribution in [0.3, 0.4) is 0 Å². The van der Waals surface area contributed by atoms with Crippen molar-refractivity contribution in [1.29, 1.82) is 0 Å². The normalized spacial score (nSPS) is 21.8. The summed E-state index contributed by atoms with van der Waals surface area (Å²) in [5, 5.41) is 9.45. The Morgan fingerprint density at radius 3 is 2.08 bits per heavy atom. The molecule has 0 radical (unpaired) electrons. The highest BCUT2D eigenvalue weighted by Crippen LogP contribution is 2.37. The van der Waals surface area contributed by atoms with E-state index in [2.05, 4.69) is 0 Å². The van der Waals surface area contributed by atoms with Crippen LogP contribution in [0, 0.1) is 5.41 Å². The van der Waals surface area contributed by atoms with Crippen LogP contribution in [0.1, 0.15) is 20.3 Å². The molecule has 0 amide bonds. The third-order valence-corrected chi connectivity index (χ3v) is 2.25. The lowest BCUT2D eigenvalue weighted by atomic mass is 9.89. The van der Waals surface area contributed by atoms with Gasteiger partial charge in [0.2, 0.25) is 5.78 Å². The zero-order chi connectivity index (χ0) is 9.52. The number of Topliss-reactive ketones (excluding diaryl/α,β-unsaturated/α-hetero) is 1. The summed E-state index contributed by atoms with van der Waals surface area (Å²) in [6, 6.07) is 0. The highest BCUT2D eigenvalue weighted by Gasteiger charge is 2.40. The van der Waals surface area contributed by atoms with Gasteiger partial charge < -0.3 is 10.0 Å². The molecule has 0 aromatic heterocycles. The minimum atomic E-state index is -0.427. The first-order chi connectivity index (χ1) is 5.36. The lowest BCUT2D eigenvalue weighted by molar-refractivity contribution is -0.124. The molecular weight excluding hydrogens is 154 g/mol. The van der Waals surface area contributed by atoms with Crippen LogP contribution in [0.5, 0.6) is 0 Å². The van der Waals surface area contributed by atoms with E-state index in [1.54, 1.807) is 4.90 Å². The fourth-order valence-electron chi connectivity index (χ4n) is 1.40. The van der Waals surface area contributed by atoms with Crippen LogP contribution in [-0.2, 0) is 4.79 Å². The van der Waals surface area contributed by atoms with Gasteiger partial charge in [0.05, 0.1) is 5.70 Å². The van der Waals surface area contributed by atoms with Crippen molar-refractivity contribution < 1.29 is 9.90 Å². The Kier molecular flexibility index (Phi) is 1.90. The van der Waals surface area contributed by atoms with Gasteiger partial charge in [0, 0.05) is 25.9 Å². The van der Waals surface area contributed by atoms with Crippen molar-refractivity contribution >= 4 is 5.78 Å². The van der Waals surface area contributed by atoms with Gasteiger partial charge >= 0.3 is 0 Å². The van der Waals surface area contributed by atoms with Crippen LogP contribution < -0.4 is 0 Å². The number of ketones is 1. The molecule has 1 aliphatic carbocycles. The second-order valence-corrected chi connectivity index (χ2v) is 4.08. The summed E-state index contributed by atoms with van der Waals surface area (Å²) in [5.74, 6) is -0.212. The Bertz CT molecular complexity index is 251. The van der Waals surface area contributed by atoms with Crippen LogP contribution >= 0.6 is 0 Å². The first kappa shape index (κ1) is 9.10. The van der Waals surface area contributed by atoms with Crippen molar-refractivity contribution in [1.82, 2.24) is 4.90 Å². The summed E-state index contributed by atoms with van der Waals surface area (Å²) in [5.41, 5.74) is 0.314. The number of rotatable bonds is 1. The van der Waals surface area contributed by atoms with Gasteiger partial charge in [-0.05, 0) is 0 Å². The molecule has 0 aromatic rings. The first-order valence-electron chi connectivity index (χ1n) is 4.00. The predicted octanol–water partition coefficient (Wildman–Crippen LogP) is 1.32. The molecule has 3 nitrogen and oxygen atoms in total. The molecule has 0 bridgehead atoms. The molecule has 12 heavy (non-hydrogen) atoms. The van der Waals surface area contributed by atoms with E-state index in [1.165, 1.54) is 0 Å². The quantitative estimate of drug-likeness (QED) is 0.643. The predicted molar refractivity (Wildman–Crippen MR) is 46.7 cm³/mol. The number of nitrogens with zero attached hydrogens (tertiary/aromatic N) is 1. The summed E-state index contributed by atoms with van der Waals surface area (Å²) in [6.45, 7) is 3.70. The fraction of sp³-hybridized carbons (Fsp3) is 0.667. The molecule has 3 heteroatoms. The summed E-state index contributed by atoms with van der Waals surface area (Å²) in [4.78, 5) is 13.2. The zero-order valence-corrected chi connectivity index (χ0v) is 8.01. The average Bonchev–Trinajstić information content (AvgIpc) is 2.14. The molecule has 0 fully saturated rings. The van der Waals surface area contributed by atoms with E-state index in [1.807, 2.05) is 27.9 Å². The monoisotopic (exact) mass is 169 g/mol. The Labute approximate surface area is 72.7 Å². The van der Waals surface area contributed by atoms with Gasteiger partial charge in [0.1, 0.15) is 0 Å². The third-order valence-electron chi connectivity index (χ3n) is 2.25. The number of carbonyl (C=O) groups excluding carboxylic acids is 1. The fourth-order valence-corrected chi connectivity index (χ4v) is 1.40. The standard InChI is InChI=1S/C9H15NO2/c1-9(2)5-6(10(3)4)7(11)8(9)12/h11H,5H2,1-4H3. The van der Waals surface area contributed by atoms with Crippen molar-refractivity contribution in [2.75, 3.05) is 14.1 Å². The van der Waals surface area contributed by atoms with E-state index in [0.717, 1.165) is 5.70 Å². The molecule has 0 aromatic carbocycles. The Morgan fingerprint density at radius 2 is 1.92 bits per heavy atom. The number of aliphatic hydroxyl groups is 1. The van der Waals surface area contributed by atoms with Gasteiger partial charge in [-0.2, -0.15) is 0 Å². The summed E-state index contributed by atoms with van der Waals surface area (Å²) in [6.07, 6.45) is 0.630. The van der Waals surface area contributed by atoms with Crippen LogP contribution in [-0.4, -0.2) is 29.9 Å². The van der Waals surface area contributed by atoms with Crippen LogP contribution in [0.4, 0.5) is 0 Å². The number of carbonyl (C=O) groups is 1. The van der Waals surface area contributed by atoms with E-state index in [0.29, 0.717) is 6.42 Å². The second kappa shape index (κ2) is 2.51. The third kappa shape index (κ3) is 1.19. The number of allylic oxidation sites excluding steroid dienone is 2. The lowest BCUT2D eigenvalue weighted by Crippen LogP contribution is -2.19. The largest absolute Gasteiger partial charge is 0.503 e. The number of hydrogen-bond donors (Lipinski definition) is 1. The maximum Gasteiger partial charge on any atom is 0.204 e. The van der Waals surface area contributed by atoms with Gasteiger partial charge in [-0.15, -0.1) is 0 Å². The molecule has 1 rings (SSSR count). The molecule has 68 valence electrons. The van der Waals surface area contributed by atoms with Crippen molar-refractivity contribution in [3.63, 3.8) is 0 Å². The lowest BCUT2D eigenvalue weighted by Gasteiger charge is -2.17. The molecule has 0 spiro atoms. The van der Waals surface area contributed by atoms with E-state index < -0.39 is 5.41 Å². The van der Waals surface area contributed by atoms with Gasteiger partial charge in [-0.3, -0.25) is 4.79 Å². The van der Waals surface area contributed by atoms with Crippen LogP contribution in [0.25, 0.3) is 0 Å². The molecule has 0 saturated carbocycles. The van der Waals surface area contributed by atoms with Gasteiger partial charge in [-0.1, -0.05) is 13.8 Å². The topological polar surface area (TPSA) is 40.5 Å². The Balaban J connectivity index is 3.00. The molecule has 1 N–H and O–H groups in total. The molecule has 1 aliphatic rings. The van der Waals surface area contributed by atoms with E-state index in [-0.39, 0.29) is 11.5 Å². The second-order valence-electron chi connectivity index (χ2n) is 4.08. The van der Waals surface area contributed by atoms with E-state index in [4.69, 9.17) is 0 Å². The Morgan fingerprint density at radius 1 is 1.42 bits per heavy atom. The maximum atomic E-state index is 11.4. The molecule has 0 heterocycles. The zero-order valence-electron chi connectivity index (χ0n) is 8.01. The summed E-state index contributed by atoms with van der Waals surface area (Å²) in [7, 11) is 3.67. The van der Waals surface area contributed by atoms with Crippen molar-refractivity contribution in [3.8, 4) is 0 Å². The van der Waals surface area contributed by atoms with E-state index in [9.17, 15) is 9.90 Å². The Hall–Kier alpha value is -0.990. The van der Waals surface area contributed by atoms with Crippen molar-refractivity contribution in [2.24, 2.45) is 5.41 Å². The SMILES string of the molecule is CN(C)C1=C(O)C(=O)C(C)(C)C1. The molecule has 0 atom stereocenters. The minimum Gasteiger partial charge on any atom is -0.503 e. The highest BCUT2D eigenvalue weighted by molar-refractivity contribution is 6.00. The number of hydrogen-bond acceptors (Lipinski definition) is 3. The van der Waals surface area contributed by atoms with Gasteiger partial charge in [-0.25, -0.2) is 0 Å². The van der Waals surface area contributed by atoms with Crippen LogP contribution in [0.15, 0.2) is 11.5 Å². The van der Waals surface area contributed by atoms with Crippen LogP contribution in [0.2, 0.25) is 0 Å². The molecular formula is C9H15NO2. The van der Waals surface area contributed by atoms with E-state index >= 15 is 0 Å². The first-order valence-corrected chi connectivity index (χ1v) is 4.00. The smallest absolute Gasteiger partial charge is 0.204 e. The summed E-state index contributed by atoms with van der Waals surface area (Å²) < 4.78 is 0. The maximum absolute atomic E-state index is 11.4. The van der Waals surface area contributed by atoms with Gasteiger partial charge in [0.15, 0.2) is 5.76 Å². The van der Waals surface area contributed by atoms with Crippen molar-refractivity contribution in [3.05, 3.63) is 11.5 Å². The average molecular weight is 169 g/mol.